The van der Waals surface area contributed by atoms with Crippen LogP contribution in [0.3, 0.4) is 0 Å². The highest BCUT2D eigenvalue weighted by Crippen LogP contribution is 2.34. The van der Waals surface area contributed by atoms with E-state index in [0.717, 1.165) is 17.8 Å². The number of amides is 1. The number of aryl methyl sites for hydroxylation is 1. The van der Waals surface area contributed by atoms with Crippen LogP contribution in [-0.4, -0.2) is 10.9 Å². The van der Waals surface area contributed by atoms with Crippen LogP contribution in [0.5, 0.6) is 0 Å². The van der Waals surface area contributed by atoms with Gasteiger partial charge < -0.3 is 5.32 Å². The summed E-state index contributed by atoms with van der Waals surface area (Å²) in [5.74, 6) is -0.833. The molecule has 0 aliphatic carbocycles. The van der Waals surface area contributed by atoms with E-state index in [2.05, 4.69) is 26.2 Å². The fourth-order valence-corrected chi connectivity index (χ4v) is 2.05. The van der Waals surface area contributed by atoms with Crippen molar-refractivity contribution in [2.45, 2.75) is 13.1 Å². The van der Waals surface area contributed by atoms with Crippen LogP contribution in [0.4, 0.5) is 18.9 Å². The lowest BCUT2D eigenvalue weighted by Crippen LogP contribution is -2.18. The van der Waals surface area contributed by atoms with Gasteiger partial charge in [-0.2, -0.15) is 13.2 Å². The largest absolute Gasteiger partial charge is 0.417 e. The summed E-state index contributed by atoms with van der Waals surface area (Å²) in [4.78, 5) is 16.0. The van der Waals surface area contributed by atoms with Crippen LogP contribution in [0.1, 0.15) is 21.6 Å². The lowest BCUT2D eigenvalue weighted by molar-refractivity contribution is -0.137. The average Bonchev–Trinajstić information content (AvgIpc) is 2.40. The molecule has 110 valence electrons. The number of rotatable bonds is 2. The molecule has 0 unspecified atom stereocenters. The molecule has 0 aliphatic heterocycles. The van der Waals surface area contributed by atoms with Crippen molar-refractivity contribution in [3.63, 3.8) is 0 Å². The number of aromatic nitrogens is 1. The number of carbonyl (C=O) groups is 1. The maximum atomic E-state index is 13.0. The monoisotopic (exact) mass is 358 g/mol. The highest BCUT2D eigenvalue weighted by molar-refractivity contribution is 9.10. The molecule has 0 saturated carbocycles. The Labute approximate surface area is 127 Å². The van der Waals surface area contributed by atoms with Gasteiger partial charge in [-0.05, 0) is 37.3 Å². The standard InChI is InChI=1S/C14H10BrF3N2O/c1-8-2-4-10(7-19-8)20-13(21)11-5-3-9(15)6-12(11)14(16,17)18/h2-7H,1H3,(H,20,21). The number of anilines is 1. The van der Waals surface area contributed by atoms with Crippen molar-refractivity contribution in [1.82, 2.24) is 4.98 Å². The maximum Gasteiger partial charge on any atom is 0.417 e. The van der Waals surface area contributed by atoms with E-state index in [4.69, 9.17) is 0 Å². The van der Waals surface area contributed by atoms with Gasteiger partial charge in [-0.15, -0.1) is 0 Å². The number of alkyl halides is 3. The molecule has 0 fully saturated rings. The molecule has 0 aliphatic rings. The van der Waals surface area contributed by atoms with Gasteiger partial charge in [-0.1, -0.05) is 15.9 Å². The Morgan fingerprint density at radius 1 is 1.24 bits per heavy atom. The first-order valence-electron chi connectivity index (χ1n) is 5.88. The van der Waals surface area contributed by atoms with E-state index >= 15 is 0 Å². The average molecular weight is 359 g/mol. The normalized spacial score (nSPS) is 11.3. The quantitative estimate of drug-likeness (QED) is 0.862. The predicted molar refractivity (Wildman–Crippen MR) is 76.1 cm³/mol. The summed E-state index contributed by atoms with van der Waals surface area (Å²) in [5.41, 5.74) is -0.352. The first-order valence-corrected chi connectivity index (χ1v) is 6.67. The minimum atomic E-state index is -4.61. The number of halogens is 4. The minimum absolute atomic E-state index is 0.253. The molecule has 3 nitrogen and oxygen atoms in total. The van der Waals surface area contributed by atoms with Gasteiger partial charge in [0.25, 0.3) is 5.91 Å². The molecule has 0 bridgehead atoms. The van der Waals surface area contributed by atoms with E-state index in [1.54, 1.807) is 19.1 Å². The molecule has 0 radical (unpaired) electrons. The zero-order valence-electron chi connectivity index (χ0n) is 10.8. The van der Waals surface area contributed by atoms with Gasteiger partial charge in [0.05, 0.1) is 23.0 Å². The number of benzene rings is 1. The second-order valence-corrected chi connectivity index (χ2v) is 5.25. The van der Waals surface area contributed by atoms with Crippen LogP contribution >= 0.6 is 15.9 Å². The van der Waals surface area contributed by atoms with Crippen molar-refractivity contribution >= 4 is 27.5 Å². The molecule has 0 spiro atoms. The van der Waals surface area contributed by atoms with Crippen molar-refractivity contribution in [2.24, 2.45) is 0 Å². The highest BCUT2D eigenvalue weighted by atomic mass is 79.9. The fourth-order valence-electron chi connectivity index (χ4n) is 1.69. The van der Waals surface area contributed by atoms with Gasteiger partial charge in [0.1, 0.15) is 0 Å². The summed E-state index contributed by atoms with van der Waals surface area (Å²) in [6, 6.07) is 6.62. The van der Waals surface area contributed by atoms with E-state index in [0.29, 0.717) is 5.69 Å². The fraction of sp³-hybridized carbons (Fsp3) is 0.143. The Kier molecular flexibility index (Phi) is 4.32. The van der Waals surface area contributed by atoms with Gasteiger partial charge in [0.2, 0.25) is 0 Å². The number of carbonyl (C=O) groups excluding carboxylic acids is 1. The van der Waals surface area contributed by atoms with E-state index < -0.39 is 23.2 Å². The number of pyridine rings is 1. The topological polar surface area (TPSA) is 42.0 Å². The maximum absolute atomic E-state index is 13.0. The van der Waals surface area contributed by atoms with Gasteiger partial charge in [-0.3, -0.25) is 9.78 Å². The first-order chi connectivity index (χ1) is 9.77. The van der Waals surface area contributed by atoms with Crippen LogP contribution in [0.2, 0.25) is 0 Å². The molecular weight excluding hydrogens is 349 g/mol. The van der Waals surface area contributed by atoms with E-state index in [1.807, 2.05) is 0 Å². The summed E-state index contributed by atoms with van der Waals surface area (Å²) >= 11 is 2.97. The molecule has 21 heavy (non-hydrogen) atoms. The smallest absolute Gasteiger partial charge is 0.321 e. The third-order valence-electron chi connectivity index (χ3n) is 2.70. The van der Waals surface area contributed by atoms with Gasteiger partial charge in [0, 0.05) is 10.2 Å². The predicted octanol–water partition coefficient (Wildman–Crippen LogP) is 4.42. The van der Waals surface area contributed by atoms with E-state index in [-0.39, 0.29) is 4.47 Å². The molecule has 1 aromatic heterocycles. The molecule has 1 amide bonds. The van der Waals surface area contributed by atoms with Crippen molar-refractivity contribution in [3.05, 3.63) is 57.8 Å². The van der Waals surface area contributed by atoms with Crippen LogP contribution in [0.15, 0.2) is 41.0 Å². The van der Waals surface area contributed by atoms with E-state index in [9.17, 15) is 18.0 Å². The second kappa shape index (κ2) is 5.85. The molecule has 7 heteroatoms. The number of nitrogens with one attached hydrogen (secondary N) is 1. The van der Waals surface area contributed by atoms with Crippen LogP contribution in [0, 0.1) is 6.92 Å². The van der Waals surface area contributed by atoms with Gasteiger partial charge in [0.15, 0.2) is 0 Å². The van der Waals surface area contributed by atoms with Crippen molar-refractivity contribution in [2.75, 3.05) is 5.32 Å². The number of hydrogen-bond acceptors (Lipinski definition) is 2. The Morgan fingerprint density at radius 2 is 1.95 bits per heavy atom. The zero-order chi connectivity index (χ0) is 15.6. The number of hydrogen-bond donors (Lipinski definition) is 1. The SMILES string of the molecule is Cc1ccc(NC(=O)c2ccc(Br)cc2C(F)(F)F)cn1. The summed E-state index contributed by atoms with van der Waals surface area (Å²) < 4.78 is 39.2. The summed E-state index contributed by atoms with van der Waals surface area (Å²) in [5, 5.41) is 2.40. The van der Waals surface area contributed by atoms with Crippen LogP contribution in [-0.2, 0) is 6.18 Å². The molecule has 0 atom stereocenters. The van der Waals surface area contributed by atoms with Crippen molar-refractivity contribution < 1.29 is 18.0 Å². The third-order valence-corrected chi connectivity index (χ3v) is 3.19. The van der Waals surface area contributed by atoms with Crippen molar-refractivity contribution in [3.8, 4) is 0 Å². The molecule has 2 aromatic rings. The third kappa shape index (κ3) is 3.81. The van der Waals surface area contributed by atoms with Gasteiger partial charge >= 0.3 is 6.18 Å². The molecule has 1 N–H and O–H groups in total. The Hall–Kier alpha value is -1.89. The summed E-state index contributed by atoms with van der Waals surface area (Å²) in [6.07, 6.45) is -3.22. The highest BCUT2D eigenvalue weighted by Gasteiger charge is 2.35. The zero-order valence-corrected chi connectivity index (χ0v) is 12.4. The molecule has 2 rings (SSSR count). The molecule has 1 heterocycles. The molecular formula is C14H10BrF3N2O. The lowest BCUT2D eigenvalue weighted by Gasteiger charge is -2.13. The van der Waals surface area contributed by atoms with Crippen LogP contribution < -0.4 is 5.32 Å². The first kappa shape index (κ1) is 15.5. The summed E-state index contributed by atoms with van der Waals surface area (Å²) in [7, 11) is 0. The Bertz CT molecular complexity index is 669. The van der Waals surface area contributed by atoms with Crippen LogP contribution in [0.25, 0.3) is 0 Å². The molecule has 0 saturated heterocycles. The Morgan fingerprint density at radius 3 is 2.52 bits per heavy atom. The van der Waals surface area contributed by atoms with E-state index in [1.165, 1.54) is 12.3 Å². The number of nitrogens with zero attached hydrogens (tertiary/aromatic N) is 1. The minimum Gasteiger partial charge on any atom is -0.321 e. The second-order valence-electron chi connectivity index (χ2n) is 4.33. The van der Waals surface area contributed by atoms with Gasteiger partial charge in [-0.25, -0.2) is 0 Å². The Balaban J connectivity index is 2.33. The van der Waals surface area contributed by atoms with Crippen molar-refractivity contribution in [1.29, 1.82) is 0 Å². The summed E-state index contributed by atoms with van der Waals surface area (Å²) in [6.45, 7) is 1.77. The molecule has 1 aromatic carbocycles. The lowest BCUT2D eigenvalue weighted by atomic mass is 10.1.